The second-order valence-corrected chi connectivity index (χ2v) is 14.6. The van der Waals surface area contributed by atoms with Gasteiger partial charge in [0.1, 0.15) is 0 Å². The van der Waals surface area contributed by atoms with Crippen LogP contribution < -0.4 is 5.32 Å². The lowest BCUT2D eigenvalue weighted by atomic mass is 10.0. The highest BCUT2D eigenvalue weighted by Gasteiger charge is 2.18. The number of aliphatic hydroxyl groups excluding tert-OH is 3. The van der Waals surface area contributed by atoms with Gasteiger partial charge in [-0.05, 0) is 12.8 Å². The average molecular weight is 666 g/mol. The van der Waals surface area contributed by atoms with Crippen LogP contribution in [0, 0.1) is 0 Å². The van der Waals surface area contributed by atoms with E-state index in [1.165, 1.54) is 173 Å². The molecular weight excluding hydrogens is 582 g/mol. The molecule has 0 aromatic carbocycles. The van der Waals surface area contributed by atoms with Gasteiger partial charge in [-0.1, -0.05) is 219 Å². The van der Waals surface area contributed by atoms with Crippen LogP contribution in [0.15, 0.2) is 12.2 Å². The molecule has 47 heavy (non-hydrogen) atoms. The van der Waals surface area contributed by atoms with Crippen molar-refractivity contribution in [2.75, 3.05) is 6.61 Å². The van der Waals surface area contributed by atoms with E-state index < -0.39 is 18.2 Å². The highest BCUT2D eigenvalue weighted by Crippen LogP contribution is 2.16. The summed E-state index contributed by atoms with van der Waals surface area (Å²) in [5, 5.41) is 33.1. The van der Waals surface area contributed by atoms with Gasteiger partial charge in [-0.2, -0.15) is 0 Å². The van der Waals surface area contributed by atoms with Crippen LogP contribution in [0.25, 0.3) is 0 Å². The van der Waals surface area contributed by atoms with E-state index in [1.807, 2.05) is 0 Å². The van der Waals surface area contributed by atoms with Crippen LogP contribution in [-0.4, -0.2) is 46.1 Å². The van der Waals surface area contributed by atoms with Gasteiger partial charge in [-0.15, -0.1) is 0 Å². The normalized spacial score (nSPS) is 13.7. The summed E-state index contributed by atoms with van der Waals surface area (Å²) in [6.45, 7) is 4.21. The molecule has 0 aromatic rings. The van der Waals surface area contributed by atoms with E-state index >= 15 is 0 Å². The molecule has 4 N–H and O–H groups in total. The Kier molecular flexibility index (Phi) is 37.2. The molecule has 0 heterocycles. The van der Waals surface area contributed by atoms with E-state index in [-0.39, 0.29) is 12.5 Å². The summed E-state index contributed by atoms with van der Waals surface area (Å²) in [5.74, 6) is -0.125. The van der Waals surface area contributed by atoms with E-state index in [9.17, 15) is 20.1 Å². The fourth-order valence-corrected chi connectivity index (χ4v) is 6.55. The third kappa shape index (κ3) is 34.7. The van der Waals surface area contributed by atoms with Gasteiger partial charge in [0.2, 0.25) is 5.91 Å². The number of carbonyl (C=O) groups excluding carboxylic acids is 1. The predicted molar refractivity (Wildman–Crippen MR) is 204 cm³/mol. The smallest absolute Gasteiger partial charge is 0.220 e. The van der Waals surface area contributed by atoms with Gasteiger partial charge in [-0.25, -0.2) is 0 Å². The Morgan fingerprint density at radius 2 is 0.809 bits per heavy atom. The summed E-state index contributed by atoms with van der Waals surface area (Å²) in [6, 6.07) is -0.738. The van der Waals surface area contributed by atoms with Crippen molar-refractivity contribution in [3.05, 3.63) is 12.2 Å². The maximum atomic E-state index is 12.4. The molecule has 0 rings (SSSR count). The number of unbranched alkanes of at least 4 members (excludes halogenated alkanes) is 29. The Labute approximate surface area is 293 Å². The number of aliphatic hydroxyl groups is 3. The Bertz CT molecular complexity index is 655. The molecule has 0 saturated heterocycles. The molecule has 5 heteroatoms. The van der Waals surface area contributed by atoms with Crippen molar-refractivity contribution in [1.29, 1.82) is 0 Å². The van der Waals surface area contributed by atoms with Crippen LogP contribution in [0.5, 0.6) is 0 Å². The molecule has 0 aliphatic heterocycles. The number of rotatable bonds is 38. The molecular formula is C42H83NO4. The van der Waals surface area contributed by atoms with Gasteiger partial charge in [0, 0.05) is 6.42 Å². The van der Waals surface area contributed by atoms with Crippen LogP contribution in [0.2, 0.25) is 0 Å². The van der Waals surface area contributed by atoms with Crippen molar-refractivity contribution < 1.29 is 20.1 Å². The van der Waals surface area contributed by atoms with Crippen LogP contribution in [0.4, 0.5) is 0 Å². The van der Waals surface area contributed by atoms with Crippen molar-refractivity contribution in [2.24, 2.45) is 0 Å². The number of hydrogen-bond acceptors (Lipinski definition) is 4. The quantitative estimate of drug-likeness (QED) is 0.0390. The zero-order valence-corrected chi connectivity index (χ0v) is 31.7. The second-order valence-electron chi connectivity index (χ2n) is 14.6. The lowest BCUT2D eigenvalue weighted by Crippen LogP contribution is -2.45. The molecule has 0 saturated carbocycles. The lowest BCUT2D eigenvalue weighted by molar-refractivity contribution is -0.123. The van der Waals surface area contributed by atoms with Gasteiger partial charge in [-0.3, -0.25) is 4.79 Å². The number of carbonyl (C=O) groups is 1. The third-order valence-corrected chi connectivity index (χ3v) is 9.85. The zero-order valence-electron chi connectivity index (χ0n) is 31.7. The first kappa shape index (κ1) is 46.1. The minimum atomic E-state index is -1.01. The Morgan fingerprint density at radius 1 is 0.489 bits per heavy atom. The van der Waals surface area contributed by atoms with Gasteiger partial charge in [0.05, 0.1) is 24.9 Å². The minimum absolute atomic E-state index is 0.125. The van der Waals surface area contributed by atoms with E-state index in [2.05, 4.69) is 19.2 Å². The maximum absolute atomic E-state index is 12.4. The summed E-state index contributed by atoms with van der Waals surface area (Å²) in [5.41, 5.74) is 0. The van der Waals surface area contributed by atoms with Crippen LogP contribution in [0.1, 0.15) is 226 Å². The van der Waals surface area contributed by atoms with Crippen LogP contribution in [0.3, 0.4) is 0 Å². The van der Waals surface area contributed by atoms with Crippen molar-refractivity contribution in [3.63, 3.8) is 0 Å². The fourth-order valence-electron chi connectivity index (χ4n) is 6.55. The van der Waals surface area contributed by atoms with Crippen molar-refractivity contribution in [3.8, 4) is 0 Å². The number of nitrogens with one attached hydrogen (secondary N) is 1. The molecule has 3 atom stereocenters. The summed E-state index contributed by atoms with van der Waals surface area (Å²) >= 11 is 0. The maximum Gasteiger partial charge on any atom is 0.220 e. The first-order chi connectivity index (χ1) is 23.0. The Morgan fingerprint density at radius 3 is 1.15 bits per heavy atom. The molecule has 5 nitrogen and oxygen atoms in total. The monoisotopic (exact) mass is 666 g/mol. The third-order valence-electron chi connectivity index (χ3n) is 9.85. The summed E-state index contributed by atoms with van der Waals surface area (Å²) in [6.07, 6.45) is 43.3. The van der Waals surface area contributed by atoms with Crippen LogP contribution in [-0.2, 0) is 4.79 Å². The molecule has 280 valence electrons. The molecule has 0 aromatic heterocycles. The number of amides is 1. The highest BCUT2D eigenvalue weighted by molar-refractivity contribution is 5.76. The largest absolute Gasteiger partial charge is 0.394 e. The lowest BCUT2D eigenvalue weighted by Gasteiger charge is -2.20. The van der Waals surface area contributed by atoms with Gasteiger partial charge < -0.3 is 20.6 Å². The average Bonchev–Trinajstić information content (AvgIpc) is 3.07. The Balaban J connectivity index is 3.61. The highest BCUT2D eigenvalue weighted by atomic mass is 16.3. The number of hydrogen-bond donors (Lipinski definition) is 4. The summed E-state index contributed by atoms with van der Waals surface area (Å²) < 4.78 is 0. The van der Waals surface area contributed by atoms with E-state index in [1.54, 1.807) is 6.08 Å². The standard InChI is InChI=1S/C42H83NO4/c1-3-5-7-9-11-13-15-16-17-18-19-20-21-22-23-24-25-27-29-31-33-35-42(47)43-40(38-44)41(46)37-36-39(45)34-32-30-28-26-14-12-10-8-6-4-2/h36-37,39-41,44-46H,3-35,38H2,1-2H3,(H,43,47). The summed E-state index contributed by atoms with van der Waals surface area (Å²) in [4.78, 5) is 12.4. The molecule has 0 bridgehead atoms. The Hall–Kier alpha value is -0.910. The topological polar surface area (TPSA) is 89.8 Å². The van der Waals surface area contributed by atoms with Gasteiger partial charge in [0.25, 0.3) is 0 Å². The molecule has 3 unspecified atom stereocenters. The van der Waals surface area contributed by atoms with Gasteiger partial charge >= 0.3 is 0 Å². The molecule has 1 amide bonds. The molecule has 0 radical (unpaired) electrons. The summed E-state index contributed by atoms with van der Waals surface area (Å²) in [7, 11) is 0. The SMILES string of the molecule is CCCCCCCCCCCCCCCCCCCCCCCC(=O)NC(CO)C(O)C=CC(O)CCCCCCCCCCCC. The van der Waals surface area contributed by atoms with Crippen molar-refractivity contribution >= 4 is 5.91 Å². The minimum Gasteiger partial charge on any atom is -0.394 e. The zero-order chi connectivity index (χ0) is 34.5. The van der Waals surface area contributed by atoms with E-state index in [0.717, 1.165) is 32.1 Å². The predicted octanol–water partition coefficient (Wildman–Crippen LogP) is 11.7. The fraction of sp³-hybridized carbons (Fsp3) is 0.929. The molecule has 0 spiro atoms. The van der Waals surface area contributed by atoms with Gasteiger partial charge in [0.15, 0.2) is 0 Å². The van der Waals surface area contributed by atoms with E-state index in [4.69, 9.17) is 0 Å². The van der Waals surface area contributed by atoms with Crippen LogP contribution >= 0.6 is 0 Å². The molecule has 0 fully saturated rings. The van der Waals surface area contributed by atoms with E-state index in [0.29, 0.717) is 12.8 Å². The first-order valence-corrected chi connectivity index (χ1v) is 21.0. The molecule has 0 aliphatic carbocycles. The van der Waals surface area contributed by atoms with Crippen molar-refractivity contribution in [2.45, 2.75) is 244 Å². The second kappa shape index (κ2) is 37.9. The molecule has 0 aliphatic rings. The van der Waals surface area contributed by atoms with Crippen molar-refractivity contribution in [1.82, 2.24) is 5.32 Å². The first-order valence-electron chi connectivity index (χ1n) is 21.0.